The third kappa shape index (κ3) is 7.09. The molecule has 0 fully saturated rings. The van der Waals surface area contributed by atoms with Crippen molar-refractivity contribution in [1.82, 2.24) is 0 Å². The number of aryl methyl sites for hydroxylation is 2. The summed E-state index contributed by atoms with van der Waals surface area (Å²) in [6.07, 6.45) is 3.41. The molecule has 0 unspecified atom stereocenters. The van der Waals surface area contributed by atoms with Crippen LogP contribution in [0.2, 0.25) is 0 Å². The third-order valence-electron chi connectivity index (χ3n) is 7.19. The minimum Gasteiger partial charge on any atom is -0.184 e. The number of hydrogen-bond acceptors (Lipinski definition) is 0. The van der Waals surface area contributed by atoms with Crippen molar-refractivity contribution in [3.63, 3.8) is 0 Å². The molecule has 1 aliphatic heterocycles. The minimum absolute atomic E-state index is 0.575. The maximum Gasteiger partial charge on any atom is 0.0920 e. The molecule has 1 heterocycles. The van der Waals surface area contributed by atoms with E-state index in [0.717, 1.165) is 22.4 Å². The van der Waals surface area contributed by atoms with Gasteiger partial charge in [-0.25, -0.2) is 0 Å². The summed E-state index contributed by atoms with van der Waals surface area (Å²) in [6.45, 7) is 9.08. The van der Waals surface area contributed by atoms with Gasteiger partial charge in [0.25, 0.3) is 0 Å². The van der Waals surface area contributed by atoms with Crippen LogP contribution < -0.4 is 10.4 Å². The number of fused-ring (bicyclic) bond motifs is 4. The van der Waals surface area contributed by atoms with Gasteiger partial charge in [-0.05, 0) is 29.9 Å². The zero-order valence-electron chi connectivity index (χ0n) is 23.1. The summed E-state index contributed by atoms with van der Waals surface area (Å²) >= 11 is -0.826. The summed E-state index contributed by atoms with van der Waals surface area (Å²) in [5.74, 6) is 0.575. The van der Waals surface area contributed by atoms with Crippen LogP contribution in [0.3, 0.4) is 0 Å². The van der Waals surface area contributed by atoms with Crippen molar-refractivity contribution in [2.75, 3.05) is 0 Å². The molecule has 5 aromatic rings. The molecule has 0 saturated heterocycles. The van der Waals surface area contributed by atoms with Crippen molar-refractivity contribution in [2.45, 2.75) is 52.9 Å². The van der Waals surface area contributed by atoms with Gasteiger partial charge in [0.1, 0.15) is 0 Å². The molecule has 4 heteroatoms. The van der Waals surface area contributed by atoms with E-state index >= 15 is 0 Å². The van der Waals surface area contributed by atoms with Crippen molar-refractivity contribution < 1.29 is 20.8 Å². The number of hydrogen-bond donors (Lipinski definition) is 0. The molecule has 0 bridgehead atoms. The Morgan fingerprint density at radius 3 is 2.26 bits per heavy atom. The van der Waals surface area contributed by atoms with Crippen LogP contribution in [0, 0.1) is 6.07 Å². The van der Waals surface area contributed by atoms with E-state index in [2.05, 4.69) is 119 Å². The van der Waals surface area contributed by atoms with Crippen molar-refractivity contribution in [2.24, 2.45) is 0 Å². The average Bonchev–Trinajstić information content (AvgIpc) is 3.56. The standard InChI is InChI=1S/C23H27.C12H7Si.2ClH.Zr/c1-5-9-18-12-13-19-14-20(16(3)4)15-22(19)23(18)21-11-8-7-10-17(21)6-2;1-3-7-11-9(5-1)10-6-2-4-8-12(10)13-11;;;/h7-8,10-16H,5-6,9H2,1-4H3;1-7H;2*1H;/q2*-1;;;+4/p-2. The van der Waals surface area contributed by atoms with Gasteiger partial charge in [-0.3, -0.25) is 0 Å². The van der Waals surface area contributed by atoms with Crippen LogP contribution in [0.4, 0.5) is 0 Å². The molecule has 2 radical (unpaired) electrons. The second kappa shape index (κ2) is 14.7. The normalized spacial score (nSPS) is 11.2. The zero-order chi connectivity index (χ0) is 27.8. The first-order chi connectivity index (χ1) is 19.0. The molecule has 0 saturated carbocycles. The van der Waals surface area contributed by atoms with E-state index in [9.17, 15) is 0 Å². The monoisotopic (exact) mass is 642 g/mol. The Morgan fingerprint density at radius 1 is 0.846 bits per heavy atom. The Kier molecular flexibility index (Phi) is 11.4. The van der Waals surface area contributed by atoms with E-state index in [0.29, 0.717) is 5.92 Å². The summed E-state index contributed by atoms with van der Waals surface area (Å²) < 4.78 is 0. The summed E-state index contributed by atoms with van der Waals surface area (Å²) in [5, 5.41) is 5.64. The van der Waals surface area contributed by atoms with E-state index in [-0.39, 0.29) is 0 Å². The second-order valence-corrected chi connectivity index (χ2v) is 15.0. The first-order valence-corrected chi connectivity index (χ1v) is 21.0. The van der Waals surface area contributed by atoms with Crippen LogP contribution in [-0.4, -0.2) is 9.52 Å². The molecular formula is C35H34Cl2SiZr. The van der Waals surface area contributed by atoms with Crippen LogP contribution in [0.15, 0.2) is 91.0 Å². The maximum atomic E-state index is 4.93. The Bertz CT molecular complexity index is 1480. The molecule has 6 rings (SSSR count). The topological polar surface area (TPSA) is 0 Å². The summed E-state index contributed by atoms with van der Waals surface area (Å²) in [5.41, 5.74) is 10.0. The molecule has 196 valence electrons. The van der Waals surface area contributed by atoms with Gasteiger partial charge in [0.15, 0.2) is 0 Å². The third-order valence-corrected chi connectivity index (χ3v) is 8.55. The second-order valence-electron chi connectivity index (χ2n) is 10.0. The Labute approximate surface area is 255 Å². The SMILES string of the molecule is CCCc1ccc2[cH-]c(C(C)C)cc2c1-c1ccccc1CC.[Cl][Zr+2][Cl].[c-]1cccc2c1[Si]c1ccccc1-2. The predicted molar refractivity (Wildman–Crippen MR) is 170 cm³/mol. The smallest absolute Gasteiger partial charge is 0.0920 e. The van der Waals surface area contributed by atoms with Gasteiger partial charge in [0, 0.05) is 0 Å². The molecule has 0 N–H and O–H groups in total. The molecule has 0 atom stereocenters. The van der Waals surface area contributed by atoms with Crippen molar-refractivity contribution in [1.29, 1.82) is 0 Å². The Balaban J connectivity index is 0.000000184. The number of benzene rings is 4. The van der Waals surface area contributed by atoms with Crippen LogP contribution in [-0.2, 0) is 33.7 Å². The number of halogens is 2. The van der Waals surface area contributed by atoms with Crippen LogP contribution >= 0.6 is 17.0 Å². The van der Waals surface area contributed by atoms with E-state index in [4.69, 9.17) is 17.0 Å². The van der Waals surface area contributed by atoms with E-state index < -0.39 is 20.8 Å². The molecule has 39 heavy (non-hydrogen) atoms. The first-order valence-electron chi connectivity index (χ1n) is 13.7. The minimum atomic E-state index is -0.826. The van der Waals surface area contributed by atoms with Gasteiger partial charge >= 0.3 is 37.9 Å². The molecule has 5 aromatic carbocycles. The van der Waals surface area contributed by atoms with Crippen molar-refractivity contribution in [3.05, 3.63) is 114 Å². The zero-order valence-corrected chi connectivity index (χ0v) is 28.1. The molecule has 0 spiro atoms. The van der Waals surface area contributed by atoms with Gasteiger partial charge in [-0.15, -0.1) is 40.1 Å². The fourth-order valence-electron chi connectivity index (χ4n) is 5.28. The van der Waals surface area contributed by atoms with Crippen molar-refractivity contribution >= 4 is 47.7 Å². The summed E-state index contributed by atoms with van der Waals surface area (Å²) in [6, 6.07) is 36.5. The van der Waals surface area contributed by atoms with Gasteiger partial charge in [0.2, 0.25) is 0 Å². The summed E-state index contributed by atoms with van der Waals surface area (Å²) in [4.78, 5) is 0. The molecular weight excluding hydrogens is 611 g/mol. The number of rotatable bonds is 5. The summed E-state index contributed by atoms with van der Waals surface area (Å²) in [7, 11) is 10.7. The quantitative estimate of drug-likeness (QED) is 0.130. The van der Waals surface area contributed by atoms with Crippen molar-refractivity contribution in [3.8, 4) is 22.3 Å². The van der Waals surface area contributed by atoms with Gasteiger partial charge in [0.05, 0.1) is 9.52 Å². The molecule has 0 nitrogen and oxygen atoms in total. The van der Waals surface area contributed by atoms with E-state index in [1.165, 1.54) is 66.5 Å². The maximum absolute atomic E-state index is 4.93. The van der Waals surface area contributed by atoms with Gasteiger partial charge in [-0.1, -0.05) is 105 Å². The fraction of sp³-hybridized carbons (Fsp3) is 0.229. The largest absolute Gasteiger partial charge is 0.184 e. The molecule has 1 aliphatic rings. The van der Waals surface area contributed by atoms with Gasteiger partial charge in [-0.2, -0.15) is 35.5 Å². The van der Waals surface area contributed by atoms with Crippen LogP contribution in [0.1, 0.15) is 56.7 Å². The van der Waals surface area contributed by atoms with Crippen LogP contribution in [0.25, 0.3) is 33.0 Å². The fourth-order valence-corrected chi connectivity index (χ4v) is 6.59. The van der Waals surface area contributed by atoms with E-state index in [1.54, 1.807) is 0 Å². The molecule has 0 amide bonds. The molecule has 0 aliphatic carbocycles. The van der Waals surface area contributed by atoms with Gasteiger partial charge < -0.3 is 0 Å². The van der Waals surface area contributed by atoms with E-state index in [1.807, 2.05) is 6.07 Å². The molecule has 0 aromatic heterocycles. The Morgan fingerprint density at radius 2 is 1.54 bits per heavy atom. The van der Waals surface area contributed by atoms with Crippen LogP contribution in [0.5, 0.6) is 0 Å². The Hall–Kier alpha value is -1.83. The predicted octanol–water partition coefficient (Wildman–Crippen LogP) is 9.36. The first kappa shape index (κ1) is 30.1. The average molecular weight is 645 g/mol.